The van der Waals surface area contributed by atoms with Crippen LogP contribution in [0.15, 0.2) is 54.8 Å². The van der Waals surface area contributed by atoms with Crippen molar-refractivity contribution >= 4 is 0 Å². The van der Waals surface area contributed by atoms with Crippen molar-refractivity contribution in [1.29, 1.82) is 5.26 Å². The van der Waals surface area contributed by atoms with Crippen LogP contribution in [0, 0.1) is 11.3 Å². The van der Waals surface area contributed by atoms with Gasteiger partial charge in [-0.05, 0) is 23.8 Å². The highest BCUT2D eigenvalue weighted by Gasteiger charge is 2.26. The molecule has 1 N–H and O–H groups in total. The van der Waals surface area contributed by atoms with Crippen LogP contribution >= 0.6 is 0 Å². The zero-order chi connectivity index (χ0) is 15.5. The molecule has 2 aromatic rings. The van der Waals surface area contributed by atoms with Crippen molar-refractivity contribution in [2.75, 3.05) is 7.11 Å². The first-order chi connectivity index (χ1) is 10.7. The lowest BCUT2D eigenvalue weighted by molar-refractivity contribution is 0.146. The third-order valence-electron chi connectivity index (χ3n) is 3.72. The van der Waals surface area contributed by atoms with Crippen LogP contribution in [0.25, 0.3) is 0 Å². The summed E-state index contributed by atoms with van der Waals surface area (Å²) >= 11 is 0. The number of ether oxygens (including phenoxy) is 2. The molecule has 110 valence electrons. The van der Waals surface area contributed by atoms with E-state index >= 15 is 0 Å². The predicted molar refractivity (Wildman–Crippen MR) is 81.5 cm³/mol. The van der Waals surface area contributed by atoms with Gasteiger partial charge in [-0.25, -0.2) is 0 Å². The lowest BCUT2D eigenvalue weighted by atomic mass is 9.87. The summed E-state index contributed by atoms with van der Waals surface area (Å²) < 4.78 is 10.8. The zero-order valence-corrected chi connectivity index (χ0v) is 12.1. The van der Waals surface area contributed by atoms with Crippen LogP contribution in [-0.4, -0.2) is 12.2 Å². The number of nitrogens with zero attached hydrogens (tertiary/aromatic N) is 1. The van der Waals surface area contributed by atoms with E-state index in [1.165, 1.54) is 13.2 Å². The van der Waals surface area contributed by atoms with Crippen LogP contribution in [-0.2, 0) is 4.74 Å². The van der Waals surface area contributed by atoms with Crippen molar-refractivity contribution in [3.8, 4) is 17.6 Å². The zero-order valence-electron chi connectivity index (χ0n) is 12.1. The summed E-state index contributed by atoms with van der Waals surface area (Å²) in [6.07, 6.45) is 2.75. The van der Waals surface area contributed by atoms with Gasteiger partial charge in [0.05, 0.1) is 12.3 Å². The second kappa shape index (κ2) is 5.92. The summed E-state index contributed by atoms with van der Waals surface area (Å²) in [5.74, 6) is 0.625. The van der Waals surface area contributed by atoms with Crippen LogP contribution in [0.1, 0.15) is 28.7 Å². The van der Waals surface area contributed by atoms with E-state index in [1.807, 2.05) is 36.4 Å². The normalized spacial score (nSPS) is 17.2. The third kappa shape index (κ3) is 2.43. The summed E-state index contributed by atoms with van der Waals surface area (Å²) in [5, 5.41) is 19.3. The first-order valence-electron chi connectivity index (χ1n) is 6.92. The fraction of sp³-hybridized carbons (Fsp3) is 0.167. The Morgan fingerprint density at radius 3 is 2.73 bits per heavy atom. The van der Waals surface area contributed by atoms with Crippen molar-refractivity contribution in [2.45, 2.75) is 12.0 Å². The smallest absolute Gasteiger partial charge is 0.172 e. The Kier molecular flexibility index (Phi) is 3.82. The van der Waals surface area contributed by atoms with Crippen LogP contribution in [0.3, 0.4) is 0 Å². The molecule has 2 atom stereocenters. The average Bonchev–Trinajstić information content (AvgIpc) is 2.56. The maximum Gasteiger partial charge on any atom is 0.172 e. The molecule has 0 amide bonds. The molecule has 4 nitrogen and oxygen atoms in total. The molecule has 0 fully saturated rings. The van der Waals surface area contributed by atoms with Crippen LogP contribution in [0.4, 0.5) is 0 Å². The van der Waals surface area contributed by atoms with Gasteiger partial charge in [-0.2, -0.15) is 5.26 Å². The fourth-order valence-corrected chi connectivity index (χ4v) is 2.71. The fourth-order valence-electron chi connectivity index (χ4n) is 2.71. The Balaban J connectivity index is 2.15. The van der Waals surface area contributed by atoms with Gasteiger partial charge in [0.15, 0.2) is 6.10 Å². The number of nitriles is 1. The minimum Gasteiger partial charge on any atom is -0.508 e. The van der Waals surface area contributed by atoms with E-state index < -0.39 is 6.10 Å². The van der Waals surface area contributed by atoms with E-state index in [0.29, 0.717) is 11.3 Å². The van der Waals surface area contributed by atoms with Gasteiger partial charge in [-0.3, -0.25) is 0 Å². The van der Waals surface area contributed by atoms with Gasteiger partial charge < -0.3 is 14.6 Å². The van der Waals surface area contributed by atoms with Crippen LogP contribution in [0.2, 0.25) is 0 Å². The maximum absolute atomic E-state index is 10.0. The largest absolute Gasteiger partial charge is 0.508 e. The van der Waals surface area contributed by atoms with Gasteiger partial charge in [-0.1, -0.05) is 30.3 Å². The first kappa shape index (κ1) is 14.2. The number of allylic oxidation sites excluding steroid dienone is 1. The molecule has 22 heavy (non-hydrogen) atoms. The van der Waals surface area contributed by atoms with Crippen molar-refractivity contribution < 1.29 is 14.6 Å². The van der Waals surface area contributed by atoms with Crippen LogP contribution in [0.5, 0.6) is 11.5 Å². The predicted octanol–water partition coefficient (Wildman–Crippen LogP) is 3.64. The van der Waals surface area contributed by atoms with Crippen LogP contribution < -0.4 is 4.74 Å². The molecular formula is C18H15NO3. The third-order valence-corrected chi connectivity index (χ3v) is 3.72. The minimum atomic E-state index is -0.788. The second-order valence-corrected chi connectivity index (χ2v) is 5.03. The molecule has 0 spiro atoms. The first-order valence-corrected chi connectivity index (χ1v) is 6.92. The lowest BCUT2D eigenvalue weighted by Crippen LogP contribution is -2.10. The van der Waals surface area contributed by atoms with Gasteiger partial charge >= 0.3 is 0 Å². The number of phenols is 1. The number of rotatable bonds is 3. The Labute approximate surface area is 128 Å². The quantitative estimate of drug-likeness (QED) is 0.938. The van der Waals surface area contributed by atoms with E-state index in [9.17, 15) is 10.4 Å². The summed E-state index contributed by atoms with van der Waals surface area (Å²) in [4.78, 5) is 0. The standard InChI is InChI=1S/C18H15NO3/c1-21-17(11-19)16-10-13(20)9-15-14(7-8-22-18(15)16)12-5-3-2-4-6-12/h2-10,14,17,20H,1H3. The number of aromatic hydroxyl groups is 1. The topological polar surface area (TPSA) is 62.5 Å². The molecule has 0 saturated carbocycles. The SMILES string of the molecule is COC(C#N)c1cc(O)cc2c1OC=CC2c1ccccc1. The van der Waals surface area contributed by atoms with Gasteiger partial charge in [0.1, 0.15) is 11.5 Å². The number of hydrogen-bond donors (Lipinski definition) is 1. The highest BCUT2D eigenvalue weighted by molar-refractivity contribution is 5.56. The lowest BCUT2D eigenvalue weighted by Gasteiger charge is -2.24. The summed E-state index contributed by atoms with van der Waals surface area (Å²) in [7, 11) is 1.46. The Bertz CT molecular complexity index is 747. The van der Waals surface area contributed by atoms with E-state index in [0.717, 1.165) is 11.1 Å². The summed E-state index contributed by atoms with van der Waals surface area (Å²) in [6.45, 7) is 0. The molecule has 0 saturated heterocycles. The molecular weight excluding hydrogens is 278 g/mol. The van der Waals surface area contributed by atoms with E-state index in [2.05, 4.69) is 6.07 Å². The van der Waals surface area contributed by atoms with E-state index in [4.69, 9.17) is 9.47 Å². The van der Waals surface area contributed by atoms with Crippen molar-refractivity contribution in [1.82, 2.24) is 0 Å². The van der Waals surface area contributed by atoms with E-state index in [-0.39, 0.29) is 11.7 Å². The van der Waals surface area contributed by atoms with Gasteiger partial charge in [0, 0.05) is 24.2 Å². The molecule has 2 aromatic carbocycles. The molecule has 0 radical (unpaired) electrons. The molecule has 1 heterocycles. The Hall–Kier alpha value is -2.77. The Morgan fingerprint density at radius 2 is 2.05 bits per heavy atom. The molecule has 1 aliphatic heterocycles. The highest BCUT2D eigenvalue weighted by Crippen LogP contribution is 2.43. The molecule has 0 aliphatic carbocycles. The molecule has 0 aromatic heterocycles. The van der Waals surface area contributed by atoms with Crippen molar-refractivity contribution in [3.63, 3.8) is 0 Å². The Morgan fingerprint density at radius 1 is 1.27 bits per heavy atom. The maximum atomic E-state index is 10.0. The molecule has 4 heteroatoms. The average molecular weight is 293 g/mol. The summed E-state index contributed by atoms with van der Waals surface area (Å²) in [5.41, 5.74) is 2.44. The molecule has 2 unspecified atom stereocenters. The van der Waals surface area contributed by atoms with Crippen molar-refractivity contribution in [3.05, 3.63) is 71.5 Å². The molecule has 0 bridgehead atoms. The summed E-state index contributed by atoms with van der Waals surface area (Å²) in [6, 6.07) is 15.2. The monoisotopic (exact) mass is 293 g/mol. The van der Waals surface area contributed by atoms with Gasteiger partial charge in [0.2, 0.25) is 0 Å². The number of phenolic OH excluding ortho intramolecular Hbond substituents is 1. The van der Waals surface area contributed by atoms with Crippen molar-refractivity contribution in [2.24, 2.45) is 0 Å². The second-order valence-electron chi connectivity index (χ2n) is 5.03. The minimum absolute atomic E-state index is 0.0352. The van der Waals surface area contributed by atoms with Gasteiger partial charge in [0.25, 0.3) is 0 Å². The number of methoxy groups -OCH3 is 1. The highest BCUT2D eigenvalue weighted by atomic mass is 16.5. The number of benzene rings is 2. The van der Waals surface area contributed by atoms with Gasteiger partial charge in [-0.15, -0.1) is 0 Å². The molecule has 3 rings (SSSR count). The number of fused-ring (bicyclic) bond motifs is 1. The van der Waals surface area contributed by atoms with E-state index in [1.54, 1.807) is 12.3 Å². The molecule has 1 aliphatic rings. The number of hydrogen-bond acceptors (Lipinski definition) is 4.